The lowest BCUT2D eigenvalue weighted by Gasteiger charge is -2.12. The van der Waals surface area contributed by atoms with Crippen molar-refractivity contribution in [3.05, 3.63) is 5.89 Å². The second-order valence-electron chi connectivity index (χ2n) is 4.82. The summed E-state index contributed by atoms with van der Waals surface area (Å²) in [4.78, 5) is 24.4. The third-order valence-corrected chi connectivity index (χ3v) is 3.22. The monoisotopic (exact) mass is 316 g/mol. The molecule has 1 rings (SSSR count). The normalized spacial score (nSPS) is 12.2. The Morgan fingerprint density at radius 1 is 1.38 bits per heavy atom. The van der Waals surface area contributed by atoms with Crippen LogP contribution in [0.2, 0.25) is 0 Å². The van der Waals surface area contributed by atoms with E-state index in [1.165, 1.54) is 4.90 Å². The lowest BCUT2D eigenvalue weighted by atomic mass is 10.3. The van der Waals surface area contributed by atoms with Crippen LogP contribution in [0, 0.1) is 0 Å². The number of quaternary nitrogens is 1. The quantitative estimate of drug-likeness (QED) is 0.502. The molecular weight excluding hydrogens is 294 g/mol. The summed E-state index contributed by atoms with van der Waals surface area (Å²) in [6.45, 7) is 4.63. The van der Waals surface area contributed by atoms with Gasteiger partial charge < -0.3 is 20.0 Å². The van der Waals surface area contributed by atoms with Gasteiger partial charge in [0.25, 0.3) is 11.1 Å². The number of rotatable bonds is 8. The number of hydrogen-bond acceptors (Lipinski definition) is 6. The highest BCUT2D eigenvalue weighted by atomic mass is 32.2. The summed E-state index contributed by atoms with van der Waals surface area (Å²) in [6, 6.07) is -0.561. The minimum Gasteiger partial charge on any atom is -0.410 e. The van der Waals surface area contributed by atoms with Crippen molar-refractivity contribution in [2.75, 3.05) is 26.4 Å². The molecule has 1 aromatic heterocycles. The smallest absolute Gasteiger partial charge is 0.277 e. The van der Waals surface area contributed by atoms with E-state index in [9.17, 15) is 9.59 Å². The fraction of sp³-hybridized carbons (Fsp3) is 0.667. The molecule has 0 spiro atoms. The maximum Gasteiger partial charge on any atom is 0.277 e. The first-order chi connectivity index (χ1) is 9.92. The molecule has 0 bridgehead atoms. The number of thioether (sulfide) groups is 1. The highest BCUT2D eigenvalue weighted by Gasteiger charge is 2.16. The van der Waals surface area contributed by atoms with Gasteiger partial charge in [-0.25, -0.2) is 0 Å². The summed E-state index contributed by atoms with van der Waals surface area (Å²) in [5.74, 6) is 0.204. The first-order valence-electron chi connectivity index (χ1n) is 6.73. The van der Waals surface area contributed by atoms with Gasteiger partial charge in [0.05, 0.1) is 19.8 Å². The highest BCUT2D eigenvalue weighted by Crippen LogP contribution is 2.15. The van der Waals surface area contributed by atoms with Crippen molar-refractivity contribution >= 4 is 23.6 Å². The predicted molar refractivity (Wildman–Crippen MR) is 77.8 cm³/mol. The molecule has 1 heterocycles. The third-order valence-electron chi connectivity index (χ3n) is 2.40. The van der Waals surface area contributed by atoms with Crippen LogP contribution in [-0.4, -0.2) is 54.4 Å². The topological polar surface area (TPSA) is 102 Å². The fourth-order valence-corrected chi connectivity index (χ4v) is 2.07. The van der Waals surface area contributed by atoms with E-state index in [0.29, 0.717) is 24.2 Å². The molecule has 0 radical (unpaired) electrons. The molecule has 0 aliphatic heterocycles. The van der Waals surface area contributed by atoms with Crippen molar-refractivity contribution in [2.45, 2.75) is 31.7 Å². The molecule has 8 nitrogen and oxygen atoms in total. The Kier molecular flexibility index (Phi) is 7.17. The number of nitrogens with zero attached hydrogens (tertiary/aromatic N) is 2. The van der Waals surface area contributed by atoms with Gasteiger partial charge in [0.15, 0.2) is 6.54 Å². The van der Waals surface area contributed by atoms with E-state index in [2.05, 4.69) is 20.8 Å². The van der Waals surface area contributed by atoms with Gasteiger partial charge in [0, 0.05) is 6.54 Å². The Morgan fingerprint density at radius 3 is 2.71 bits per heavy atom. The second-order valence-corrected chi connectivity index (χ2v) is 5.74. The van der Waals surface area contributed by atoms with Crippen molar-refractivity contribution in [1.82, 2.24) is 20.8 Å². The van der Waals surface area contributed by atoms with E-state index >= 15 is 0 Å². The van der Waals surface area contributed by atoms with E-state index in [-0.39, 0.29) is 17.6 Å². The van der Waals surface area contributed by atoms with Crippen LogP contribution in [0.5, 0.6) is 0 Å². The molecule has 0 saturated heterocycles. The zero-order chi connectivity index (χ0) is 15.8. The Labute approximate surface area is 128 Å². The SMILES string of the molecule is CCNC(=O)[C@@H](C)NC(=O)CSc1nnc(C[NH+](C)C)o1. The maximum atomic E-state index is 11.7. The van der Waals surface area contributed by atoms with Gasteiger partial charge in [-0.1, -0.05) is 11.8 Å². The molecule has 21 heavy (non-hydrogen) atoms. The first-order valence-corrected chi connectivity index (χ1v) is 7.72. The van der Waals surface area contributed by atoms with E-state index in [0.717, 1.165) is 11.8 Å². The maximum absolute atomic E-state index is 11.7. The Balaban J connectivity index is 2.35. The van der Waals surface area contributed by atoms with Crippen LogP contribution in [0.1, 0.15) is 19.7 Å². The van der Waals surface area contributed by atoms with Crippen LogP contribution >= 0.6 is 11.8 Å². The van der Waals surface area contributed by atoms with Crippen LogP contribution < -0.4 is 15.5 Å². The van der Waals surface area contributed by atoms with Gasteiger partial charge in [-0.05, 0) is 13.8 Å². The molecule has 0 aliphatic rings. The number of hydrogen-bond donors (Lipinski definition) is 3. The van der Waals surface area contributed by atoms with Crippen LogP contribution in [0.25, 0.3) is 0 Å². The predicted octanol–water partition coefficient (Wildman–Crippen LogP) is -1.55. The van der Waals surface area contributed by atoms with Crippen molar-refractivity contribution < 1.29 is 18.9 Å². The van der Waals surface area contributed by atoms with Crippen LogP contribution in [0.15, 0.2) is 9.64 Å². The zero-order valence-corrected chi connectivity index (χ0v) is 13.5. The lowest BCUT2D eigenvalue weighted by Crippen LogP contribution is -3.04. The van der Waals surface area contributed by atoms with Gasteiger partial charge in [-0.3, -0.25) is 9.59 Å². The van der Waals surface area contributed by atoms with Crippen LogP contribution in [-0.2, 0) is 16.1 Å². The van der Waals surface area contributed by atoms with E-state index < -0.39 is 6.04 Å². The standard InChI is InChI=1S/C12H21N5O3S/c1-5-13-11(19)8(2)14-9(18)7-21-12-16-15-10(20-12)6-17(3)4/h8H,5-7H2,1-4H3,(H,13,19)(H,14,18)/p+1/t8-/m1/s1. The minimum absolute atomic E-state index is 0.125. The van der Waals surface area contributed by atoms with Crippen molar-refractivity contribution in [2.24, 2.45) is 0 Å². The summed E-state index contributed by atoms with van der Waals surface area (Å²) >= 11 is 1.15. The van der Waals surface area contributed by atoms with Gasteiger partial charge in [-0.15, -0.1) is 10.2 Å². The van der Waals surface area contributed by atoms with Gasteiger partial charge >= 0.3 is 0 Å². The van der Waals surface area contributed by atoms with Gasteiger partial charge in [-0.2, -0.15) is 0 Å². The molecule has 118 valence electrons. The zero-order valence-electron chi connectivity index (χ0n) is 12.7. The Bertz CT molecular complexity index is 477. The highest BCUT2D eigenvalue weighted by molar-refractivity contribution is 7.99. The summed E-state index contributed by atoms with van der Waals surface area (Å²) in [5.41, 5.74) is 0. The molecule has 0 saturated carbocycles. The molecule has 1 aromatic rings. The average molecular weight is 316 g/mol. The van der Waals surface area contributed by atoms with E-state index in [1.54, 1.807) is 6.92 Å². The molecule has 3 N–H and O–H groups in total. The number of aromatic nitrogens is 2. The lowest BCUT2D eigenvalue weighted by molar-refractivity contribution is -0.874. The fourth-order valence-electron chi connectivity index (χ4n) is 1.47. The number of nitrogens with one attached hydrogen (secondary N) is 3. The summed E-state index contributed by atoms with van der Waals surface area (Å²) in [6.07, 6.45) is 0. The summed E-state index contributed by atoms with van der Waals surface area (Å²) in [5, 5.41) is 13.4. The summed E-state index contributed by atoms with van der Waals surface area (Å²) < 4.78 is 5.40. The summed E-state index contributed by atoms with van der Waals surface area (Å²) in [7, 11) is 3.96. The third kappa shape index (κ3) is 6.58. The molecule has 0 aromatic carbocycles. The van der Waals surface area contributed by atoms with Crippen LogP contribution in [0.3, 0.4) is 0 Å². The largest absolute Gasteiger partial charge is 0.410 e. The average Bonchev–Trinajstić information content (AvgIpc) is 2.83. The first kappa shape index (κ1) is 17.4. The molecule has 0 fully saturated rings. The number of amides is 2. The number of carbonyl (C=O) groups is 2. The van der Waals surface area contributed by atoms with Crippen LogP contribution in [0.4, 0.5) is 0 Å². The van der Waals surface area contributed by atoms with Crippen molar-refractivity contribution in [3.8, 4) is 0 Å². The molecular formula is C12H22N5O3S+. The van der Waals surface area contributed by atoms with Crippen molar-refractivity contribution in [3.63, 3.8) is 0 Å². The molecule has 9 heteroatoms. The van der Waals surface area contributed by atoms with E-state index in [1.807, 2.05) is 21.0 Å². The number of carbonyl (C=O) groups excluding carboxylic acids is 2. The molecule has 0 aliphatic carbocycles. The molecule has 1 atom stereocenters. The minimum atomic E-state index is -0.561. The Hall–Kier alpha value is -1.61. The molecule has 2 amide bonds. The van der Waals surface area contributed by atoms with Gasteiger partial charge in [0.2, 0.25) is 11.8 Å². The van der Waals surface area contributed by atoms with E-state index in [4.69, 9.17) is 4.42 Å². The molecule has 0 unspecified atom stereocenters. The second kappa shape index (κ2) is 8.63. The Morgan fingerprint density at radius 2 is 2.10 bits per heavy atom. The van der Waals surface area contributed by atoms with Crippen molar-refractivity contribution in [1.29, 1.82) is 0 Å². The van der Waals surface area contributed by atoms with Gasteiger partial charge in [0.1, 0.15) is 6.04 Å². The number of likely N-dealkylation sites (N-methyl/N-ethyl adjacent to an activating group) is 1.